The molecule has 0 saturated carbocycles. The van der Waals surface area contributed by atoms with E-state index in [2.05, 4.69) is 25.3 Å². The molecule has 2 aromatic rings. The highest BCUT2D eigenvalue weighted by atomic mass is 16.4. The first-order chi connectivity index (χ1) is 8.27. The third-order valence-electron chi connectivity index (χ3n) is 2.46. The van der Waals surface area contributed by atoms with E-state index < -0.39 is 5.97 Å². The van der Waals surface area contributed by atoms with Crippen LogP contribution in [0.4, 0.5) is 0 Å². The molecular weight excluding hydrogens is 222 g/mol. The molecule has 0 aliphatic carbocycles. The van der Waals surface area contributed by atoms with Gasteiger partial charge in [-0.15, -0.1) is 0 Å². The highest BCUT2D eigenvalue weighted by Gasteiger charge is 2.20. The minimum atomic E-state index is -0.720. The zero-order chi connectivity index (χ0) is 12.1. The van der Waals surface area contributed by atoms with Gasteiger partial charge in [0, 0.05) is 0 Å². The molecule has 2 aromatic heterocycles. The molecule has 17 heavy (non-hydrogen) atoms. The molecular formula is C10H13N5O2. The van der Waals surface area contributed by atoms with Gasteiger partial charge in [0.2, 0.25) is 0 Å². The SMILES string of the molecule is O=C(O)[C@@H]1CCCN1.c1ncc2[nH]cnc2n1. The maximum Gasteiger partial charge on any atom is 0.320 e. The summed E-state index contributed by atoms with van der Waals surface area (Å²) < 4.78 is 0. The Labute approximate surface area is 97.3 Å². The molecule has 0 aromatic carbocycles. The molecule has 1 atom stereocenters. The second-order valence-corrected chi connectivity index (χ2v) is 3.65. The largest absolute Gasteiger partial charge is 0.480 e. The van der Waals surface area contributed by atoms with Gasteiger partial charge >= 0.3 is 5.97 Å². The predicted molar refractivity (Wildman–Crippen MR) is 60.3 cm³/mol. The van der Waals surface area contributed by atoms with Gasteiger partial charge in [-0.05, 0) is 19.4 Å². The fraction of sp³-hybridized carbons (Fsp3) is 0.400. The summed E-state index contributed by atoms with van der Waals surface area (Å²) in [5.41, 5.74) is 1.59. The van der Waals surface area contributed by atoms with Crippen molar-refractivity contribution in [3.63, 3.8) is 0 Å². The van der Waals surface area contributed by atoms with Crippen LogP contribution >= 0.6 is 0 Å². The van der Waals surface area contributed by atoms with Crippen LogP contribution in [-0.4, -0.2) is 43.6 Å². The molecule has 0 radical (unpaired) electrons. The van der Waals surface area contributed by atoms with E-state index in [1.54, 1.807) is 12.5 Å². The van der Waals surface area contributed by atoms with E-state index in [0.29, 0.717) is 5.65 Å². The van der Waals surface area contributed by atoms with Crippen LogP contribution in [0.25, 0.3) is 11.2 Å². The van der Waals surface area contributed by atoms with Crippen molar-refractivity contribution in [2.75, 3.05) is 6.54 Å². The summed E-state index contributed by atoms with van der Waals surface area (Å²) in [4.78, 5) is 24.6. The Hall–Kier alpha value is -2.02. The van der Waals surface area contributed by atoms with E-state index in [9.17, 15) is 4.79 Å². The van der Waals surface area contributed by atoms with Gasteiger partial charge in [0.05, 0.1) is 12.5 Å². The van der Waals surface area contributed by atoms with Crippen LogP contribution in [0.5, 0.6) is 0 Å². The van der Waals surface area contributed by atoms with Gasteiger partial charge in [-0.3, -0.25) is 4.79 Å². The van der Waals surface area contributed by atoms with E-state index in [0.717, 1.165) is 24.9 Å². The van der Waals surface area contributed by atoms with Gasteiger partial charge < -0.3 is 15.4 Å². The standard InChI is InChI=1S/C5H4N4.C5H9NO2/c1-4-5(8-2-6-1)9-3-7-4;7-5(8)4-2-1-3-6-4/h1-3H,(H,6,7,8,9);4,6H,1-3H2,(H,7,8)/t;4-/m.0/s1. The van der Waals surface area contributed by atoms with Crippen LogP contribution in [0.3, 0.4) is 0 Å². The normalized spacial score (nSPS) is 18.7. The lowest BCUT2D eigenvalue weighted by atomic mass is 10.2. The monoisotopic (exact) mass is 235 g/mol. The van der Waals surface area contributed by atoms with E-state index >= 15 is 0 Å². The first kappa shape index (κ1) is 11.5. The number of H-pyrrole nitrogens is 1. The van der Waals surface area contributed by atoms with Crippen LogP contribution in [0.1, 0.15) is 12.8 Å². The van der Waals surface area contributed by atoms with Crippen molar-refractivity contribution in [1.82, 2.24) is 25.3 Å². The van der Waals surface area contributed by atoms with Gasteiger partial charge in [-0.1, -0.05) is 0 Å². The molecule has 1 aliphatic heterocycles. The summed E-state index contributed by atoms with van der Waals surface area (Å²) in [5.74, 6) is -0.720. The number of aromatic nitrogens is 4. The first-order valence-corrected chi connectivity index (χ1v) is 5.32. The quantitative estimate of drug-likeness (QED) is 0.651. The smallest absolute Gasteiger partial charge is 0.320 e. The van der Waals surface area contributed by atoms with Gasteiger partial charge in [-0.25, -0.2) is 15.0 Å². The maximum absolute atomic E-state index is 10.1. The van der Waals surface area contributed by atoms with Crippen LogP contribution in [0.15, 0.2) is 18.9 Å². The lowest BCUT2D eigenvalue weighted by Gasteiger charge is -1.99. The summed E-state index contributed by atoms with van der Waals surface area (Å²) in [7, 11) is 0. The molecule has 7 nitrogen and oxygen atoms in total. The molecule has 0 bridgehead atoms. The average Bonchev–Trinajstić information content (AvgIpc) is 3.01. The Balaban J connectivity index is 0.000000128. The fourth-order valence-corrected chi connectivity index (χ4v) is 1.59. The van der Waals surface area contributed by atoms with Gasteiger partial charge in [0.25, 0.3) is 0 Å². The van der Waals surface area contributed by atoms with Crippen LogP contribution in [0.2, 0.25) is 0 Å². The second kappa shape index (κ2) is 5.35. The summed E-state index contributed by atoms with van der Waals surface area (Å²) in [6.45, 7) is 0.858. The zero-order valence-electron chi connectivity index (χ0n) is 9.13. The molecule has 3 rings (SSSR count). The molecule has 0 spiro atoms. The Morgan fingerprint density at radius 2 is 2.35 bits per heavy atom. The second-order valence-electron chi connectivity index (χ2n) is 3.65. The number of hydrogen-bond donors (Lipinski definition) is 3. The third kappa shape index (κ3) is 2.97. The minimum Gasteiger partial charge on any atom is -0.480 e. The number of nitrogens with zero attached hydrogens (tertiary/aromatic N) is 3. The number of hydrogen-bond acceptors (Lipinski definition) is 5. The van der Waals surface area contributed by atoms with Crippen LogP contribution < -0.4 is 5.32 Å². The highest BCUT2D eigenvalue weighted by Crippen LogP contribution is 2.03. The Bertz CT molecular complexity index is 462. The molecule has 90 valence electrons. The molecule has 0 amide bonds. The van der Waals surface area contributed by atoms with Gasteiger partial charge in [0.1, 0.15) is 17.9 Å². The molecule has 0 unspecified atom stereocenters. The van der Waals surface area contributed by atoms with E-state index in [4.69, 9.17) is 5.11 Å². The fourth-order valence-electron chi connectivity index (χ4n) is 1.59. The number of imidazole rings is 1. The summed E-state index contributed by atoms with van der Waals surface area (Å²) in [5, 5.41) is 11.2. The molecule has 1 aliphatic rings. The number of fused-ring (bicyclic) bond motifs is 1. The molecule has 3 heterocycles. The summed E-state index contributed by atoms with van der Waals surface area (Å²) in [6.07, 6.45) is 6.55. The number of nitrogens with one attached hydrogen (secondary N) is 2. The molecule has 7 heteroatoms. The molecule has 3 N–H and O–H groups in total. The lowest BCUT2D eigenvalue weighted by molar-refractivity contribution is -0.139. The maximum atomic E-state index is 10.1. The lowest BCUT2D eigenvalue weighted by Crippen LogP contribution is -2.29. The zero-order valence-corrected chi connectivity index (χ0v) is 9.13. The van der Waals surface area contributed by atoms with Crippen molar-refractivity contribution in [1.29, 1.82) is 0 Å². The third-order valence-corrected chi connectivity index (χ3v) is 2.46. The predicted octanol–water partition coefficient (Wildman–Crippen LogP) is 0.176. The van der Waals surface area contributed by atoms with Crippen molar-refractivity contribution in [2.24, 2.45) is 0 Å². The Morgan fingerprint density at radius 3 is 2.94 bits per heavy atom. The van der Waals surface area contributed by atoms with Crippen molar-refractivity contribution in [3.8, 4) is 0 Å². The summed E-state index contributed by atoms with van der Waals surface area (Å²) in [6, 6.07) is -0.269. The van der Waals surface area contributed by atoms with Crippen molar-refractivity contribution >= 4 is 17.1 Å². The summed E-state index contributed by atoms with van der Waals surface area (Å²) >= 11 is 0. The number of aliphatic carboxylic acids is 1. The number of carboxylic acids is 1. The Kier molecular flexibility index (Phi) is 3.61. The van der Waals surface area contributed by atoms with E-state index in [1.807, 2.05) is 0 Å². The van der Waals surface area contributed by atoms with Gasteiger partial charge in [-0.2, -0.15) is 0 Å². The van der Waals surface area contributed by atoms with Crippen LogP contribution in [-0.2, 0) is 4.79 Å². The van der Waals surface area contributed by atoms with E-state index in [1.165, 1.54) is 6.33 Å². The Morgan fingerprint density at radius 1 is 1.47 bits per heavy atom. The van der Waals surface area contributed by atoms with Crippen molar-refractivity contribution in [3.05, 3.63) is 18.9 Å². The molecule has 1 saturated heterocycles. The molecule has 1 fully saturated rings. The number of carboxylic acid groups (broad SMARTS) is 1. The number of rotatable bonds is 1. The van der Waals surface area contributed by atoms with Crippen molar-refractivity contribution < 1.29 is 9.90 Å². The van der Waals surface area contributed by atoms with Gasteiger partial charge in [0.15, 0.2) is 5.65 Å². The average molecular weight is 235 g/mol. The first-order valence-electron chi connectivity index (χ1n) is 5.32. The van der Waals surface area contributed by atoms with E-state index in [-0.39, 0.29) is 6.04 Å². The van der Waals surface area contributed by atoms with Crippen LogP contribution in [0, 0.1) is 0 Å². The topological polar surface area (TPSA) is 104 Å². The number of aromatic amines is 1. The number of carbonyl (C=O) groups is 1. The van der Waals surface area contributed by atoms with Crippen molar-refractivity contribution in [2.45, 2.75) is 18.9 Å². The highest BCUT2D eigenvalue weighted by molar-refractivity contribution is 5.73. The minimum absolute atomic E-state index is 0.269.